The van der Waals surface area contributed by atoms with Crippen LogP contribution in [0.4, 0.5) is 0 Å². The number of benzene rings is 4. The van der Waals surface area contributed by atoms with Crippen LogP contribution >= 0.6 is 70.7 Å². The number of thiocarbonyl (C=S) groups is 3. The SMILES string of the molecule is C.C.C.C.C#C.C#CC.CC.CC.CC.CC.CCN(CC)C(=S)Cl.CCN(CC)C(=S)Oc1ccccc1.CCN(CC)C(=S)Sc1ccccc1.O=S(=O)(Cl)c1ccccc1.Oc1ccccc1. The molecular formula is C56H97Cl2N3O4S5. The fraction of sp³-hybridized carbons (Fsp3) is 0.446. The number of hydrogen-bond donors (Lipinski definition) is 1. The van der Waals surface area contributed by atoms with Gasteiger partial charge in [0.2, 0.25) is 0 Å². The van der Waals surface area contributed by atoms with Gasteiger partial charge in [-0.15, -0.1) is 25.2 Å². The van der Waals surface area contributed by atoms with Crippen LogP contribution in [0.5, 0.6) is 11.5 Å². The molecule has 0 unspecified atom stereocenters. The summed E-state index contributed by atoms with van der Waals surface area (Å²) in [5.41, 5.74) is 0. The highest BCUT2D eigenvalue weighted by Gasteiger charge is 2.08. The first-order valence-corrected chi connectivity index (χ1v) is 26.8. The van der Waals surface area contributed by atoms with Gasteiger partial charge in [0, 0.05) is 54.8 Å². The van der Waals surface area contributed by atoms with Crippen molar-refractivity contribution in [3.63, 3.8) is 0 Å². The number of nitrogens with zero attached hydrogens (tertiary/aromatic N) is 3. The Balaban J connectivity index is -0.0000000652. The largest absolute Gasteiger partial charge is 0.508 e. The normalized spacial score (nSPS) is 7.86. The first-order chi connectivity index (χ1) is 31.7. The number of para-hydroxylation sites is 2. The lowest BCUT2D eigenvalue weighted by Gasteiger charge is -2.20. The molecule has 0 atom stereocenters. The van der Waals surface area contributed by atoms with Gasteiger partial charge in [0.1, 0.15) is 15.8 Å². The molecular weight excluding hydrogens is 1010 g/mol. The Morgan fingerprint density at radius 3 is 1.10 bits per heavy atom. The van der Waals surface area contributed by atoms with Gasteiger partial charge in [-0.25, -0.2) is 8.42 Å². The van der Waals surface area contributed by atoms with Gasteiger partial charge in [-0.05, 0) is 121 Å². The van der Waals surface area contributed by atoms with E-state index < -0.39 is 9.05 Å². The van der Waals surface area contributed by atoms with Gasteiger partial charge in [0.15, 0.2) is 4.45 Å². The summed E-state index contributed by atoms with van der Waals surface area (Å²) in [4.78, 5) is 7.45. The van der Waals surface area contributed by atoms with E-state index in [0.717, 1.165) is 49.3 Å². The van der Waals surface area contributed by atoms with Crippen LogP contribution in [0.25, 0.3) is 0 Å². The zero-order valence-corrected chi connectivity index (χ0v) is 47.9. The first kappa shape index (κ1) is 92.3. The number of rotatable bonds is 9. The van der Waals surface area contributed by atoms with Crippen LogP contribution in [0.1, 0.15) is 134 Å². The van der Waals surface area contributed by atoms with Crippen molar-refractivity contribution < 1.29 is 18.3 Å². The molecule has 0 spiro atoms. The molecule has 0 aliphatic carbocycles. The number of phenolic OH excluding ortho intramolecular Hbond substituents is 1. The van der Waals surface area contributed by atoms with Gasteiger partial charge >= 0.3 is 0 Å². The van der Waals surface area contributed by atoms with E-state index in [1.807, 2.05) is 134 Å². The first-order valence-electron chi connectivity index (χ1n) is 22.1. The van der Waals surface area contributed by atoms with Crippen LogP contribution in [-0.2, 0) is 9.05 Å². The molecule has 0 aliphatic heterocycles. The van der Waals surface area contributed by atoms with E-state index in [1.54, 1.807) is 61.2 Å². The number of ether oxygens (including phenoxy) is 1. The number of halogens is 2. The third-order valence-corrected chi connectivity index (χ3v) is 10.4. The molecule has 0 heterocycles. The number of aromatic hydroxyl groups is 1. The lowest BCUT2D eigenvalue weighted by Crippen LogP contribution is -2.32. The molecule has 14 heteroatoms. The molecule has 0 radical (unpaired) electrons. The smallest absolute Gasteiger partial charge is 0.264 e. The van der Waals surface area contributed by atoms with E-state index in [9.17, 15) is 8.42 Å². The molecule has 0 aliphatic rings. The third kappa shape index (κ3) is 58.5. The highest BCUT2D eigenvalue weighted by atomic mass is 35.7. The van der Waals surface area contributed by atoms with Gasteiger partial charge in [-0.1, -0.05) is 193 Å². The molecule has 0 bridgehead atoms. The van der Waals surface area contributed by atoms with Crippen molar-refractivity contribution in [2.75, 3.05) is 39.3 Å². The van der Waals surface area contributed by atoms with E-state index in [0.29, 0.717) is 15.4 Å². The number of phenols is 1. The molecule has 0 saturated carbocycles. The average molecular weight is 1110 g/mol. The van der Waals surface area contributed by atoms with E-state index in [1.165, 1.54) is 17.0 Å². The number of terminal acetylenes is 2. The Labute approximate surface area is 463 Å². The van der Waals surface area contributed by atoms with Crippen molar-refractivity contribution in [1.29, 1.82) is 0 Å². The van der Waals surface area contributed by atoms with Crippen molar-refractivity contribution in [2.45, 2.75) is 143 Å². The fourth-order valence-electron chi connectivity index (χ4n) is 3.75. The second kappa shape index (κ2) is 71.7. The maximum atomic E-state index is 10.6. The molecule has 404 valence electrons. The highest BCUT2D eigenvalue weighted by Crippen LogP contribution is 2.21. The maximum absolute atomic E-state index is 10.6. The Bertz CT molecular complexity index is 1730. The van der Waals surface area contributed by atoms with Gasteiger partial charge in [-0.2, -0.15) is 0 Å². The summed E-state index contributed by atoms with van der Waals surface area (Å²) in [6.45, 7) is 35.6. The topological polar surface area (TPSA) is 73.3 Å². The second-order valence-electron chi connectivity index (χ2n) is 10.5. The Morgan fingerprint density at radius 2 is 0.871 bits per heavy atom. The zero-order chi connectivity index (χ0) is 52.8. The van der Waals surface area contributed by atoms with Gasteiger partial charge in [-0.3, -0.25) is 0 Å². The zero-order valence-electron chi connectivity index (χ0n) is 42.3. The van der Waals surface area contributed by atoms with Crippen molar-refractivity contribution in [3.8, 4) is 36.7 Å². The monoisotopic (exact) mass is 1110 g/mol. The molecule has 4 aromatic rings. The predicted molar refractivity (Wildman–Crippen MR) is 336 cm³/mol. The fourth-order valence-corrected chi connectivity index (χ4v) is 6.83. The lowest BCUT2D eigenvalue weighted by atomic mass is 10.3. The molecule has 7 nitrogen and oxygen atoms in total. The Morgan fingerprint density at radius 1 is 0.586 bits per heavy atom. The van der Waals surface area contributed by atoms with Gasteiger partial charge in [0.05, 0.1) is 4.90 Å². The van der Waals surface area contributed by atoms with Crippen LogP contribution in [0.2, 0.25) is 0 Å². The number of thioether (sulfide) groups is 1. The van der Waals surface area contributed by atoms with Crippen molar-refractivity contribution in [1.82, 2.24) is 14.7 Å². The molecule has 4 rings (SSSR count). The van der Waals surface area contributed by atoms with Crippen LogP contribution in [0.3, 0.4) is 0 Å². The van der Waals surface area contributed by atoms with Gasteiger partial charge < -0.3 is 24.5 Å². The summed E-state index contributed by atoms with van der Waals surface area (Å²) in [5.74, 6) is 3.37. The van der Waals surface area contributed by atoms with E-state index in [-0.39, 0.29) is 34.6 Å². The van der Waals surface area contributed by atoms with E-state index in [2.05, 4.69) is 69.9 Å². The third-order valence-electron chi connectivity index (χ3n) is 6.73. The molecule has 1 N–H and O–H groups in total. The molecule has 70 heavy (non-hydrogen) atoms. The summed E-state index contributed by atoms with van der Waals surface area (Å²) < 4.78 is 28.1. The predicted octanol–water partition coefficient (Wildman–Crippen LogP) is 18.5. The van der Waals surface area contributed by atoms with E-state index >= 15 is 0 Å². The quantitative estimate of drug-likeness (QED) is 0.0573. The summed E-state index contributed by atoms with van der Waals surface area (Å²) in [6, 6.07) is 36.4. The average Bonchev–Trinajstić information content (AvgIpc) is 3.35. The van der Waals surface area contributed by atoms with Gasteiger partial charge in [0.25, 0.3) is 14.2 Å². The van der Waals surface area contributed by atoms with Crippen LogP contribution in [0.15, 0.2) is 131 Å². The Kier molecular flexibility index (Phi) is 94.6. The second-order valence-corrected chi connectivity index (χ2v) is 16.1. The Hall–Kier alpha value is -3.85. The van der Waals surface area contributed by atoms with Crippen LogP contribution in [0, 0.1) is 25.2 Å². The minimum absolute atomic E-state index is 0. The maximum Gasteiger partial charge on any atom is 0.264 e. The summed E-state index contributed by atoms with van der Waals surface area (Å²) in [6.07, 6.45) is 12.6. The summed E-state index contributed by atoms with van der Waals surface area (Å²) in [7, 11) is 1.50. The molecule has 0 aromatic heterocycles. The van der Waals surface area contributed by atoms with Crippen molar-refractivity contribution in [3.05, 3.63) is 121 Å². The van der Waals surface area contributed by atoms with Crippen molar-refractivity contribution in [2.24, 2.45) is 0 Å². The van der Waals surface area contributed by atoms with Crippen molar-refractivity contribution >= 4 is 93.7 Å². The highest BCUT2D eigenvalue weighted by molar-refractivity contribution is 8.23. The van der Waals surface area contributed by atoms with E-state index in [4.69, 9.17) is 68.8 Å². The lowest BCUT2D eigenvalue weighted by molar-refractivity contribution is 0.379. The molecule has 0 fully saturated rings. The number of hydrogen-bond acceptors (Lipinski definition) is 8. The molecule has 0 saturated heterocycles. The molecule has 4 aromatic carbocycles. The standard InChI is InChI=1S/C11H15NOS.C11H15NS2.C6H5ClO2S.C6H6O.C5H10ClNS.C3H4.4C2H6.C2H2.4CH4/c1-3-12(4-2)11(14)13-10-8-6-5-7-9-10;1-3-12(4-2)11(13)14-10-8-6-5-7-9-10;7-10(8,9)6-4-2-1-3-5-6;7-6-4-2-1-3-5-6;1-3-7(4-2)5(6)8;1-3-2;5*1-2;;;;/h2*5-9H,3-4H2,1-2H3;1-5H;1-5,7H;3-4H2,1-2H3;1H,2H3;4*1-2H3;1-2H;4*1H4. The summed E-state index contributed by atoms with van der Waals surface area (Å²) in [5, 5.41) is 9.17. The van der Waals surface area contributed by atoms with Crippen LogP contribution in [-0.4, -0.2) is 81.4 Å². The minimum Gasteiger partial charge on any atom is -0.508 e. The van der Waals surface area contributed by atoms with Crippen LogP contribution < -0.4 is 4.74 Å². The summed E-state index contributed by atoms with van der Waals surface area (Å²) >= 11 is 22.4. The minimum atomic E-state index is -3.53. The molecule has 0 amide bonds.